The van der Waals surface area contributed by atoms with E-state index in [-0.39, 0.29) is 6.03 Å². The second-order valence-corrected chi connectivity index (χ2v) is 4.88. The van der Waals surface area contributed by atoms with Crippen molar-refractivity contribution in [3.8, 4) is 11.3 Å². The normalized spacial score (nSPS) is 10.4. The molecule has 0 aliphatic carbocycles. The molecule has 19 heavy (non-hydrogen) atoms. The molecule has 0 bridgehead atoms. The number of amides is 2. The van der Waals surface area contributed by atoms with Gasteiger partial charge in [-0.2, -0.15) is 0 Å². The summed E-state index contributed by atoms with van der Waals surface area (Å²) in [5.74, 6) is 0.840. The average molecular weight is 280 g/mol. The van der Waals surface area contributed by atoms with Gasteiger partial charge in [0, 0.05) is 29.5 Å². The minimum atomic E-state index is -0.190. The smallest absolute Gasteiger partial charge is 0.315 e. The van der Waals surface area contributed by atoms with Crippen molar-refractivity contribution >= 4 is 17.4 Å². The number of furan rings is 1. The highest BCUT2D eigenvalue weighted by Crippen LogP contribution is 2.25. The van der Waals surface area contributed by atoms with Crippen molar-refractivity contribution in [1.29, 1.82) is 0 Å². The highest BCUT2D eigenvalue weighted by Gasteiger charge is 2.06. The van der Waals surface area contributed by atoms with Crippen LogP contribution in [0.25, 0.3) is 11.3 Å². The third-order valence-corrected chi connectivity index (χ3v) is 3.41. The standard InChI is InChI=1S/C13H16N2O3S/c1-17-6-4-14-13(16)15-8-11-7-10(9-19-11)12-3-2-5-18-12/h2-3,5,7,9H,4,6,8H2,1H3,(H2,14,15,16). The predicted molar refractivity (Wildman–Crippen MR) is 74.1 cm³/mol. The van der Waals surface area contributed by atoms with Crippen LogP contribution in [0.2, 0.25) is 0 Å². The molecule has 2 rings (SSSR count). The summed E-state index contributed by atoms with van der Waals surface area (Å²) in [7, 11) is 1.60. The molecule has 0 aliphatic heterocycles. The Kier molecular flexibility index (Phi) is 5.00. The van der Waals surface area contributed by atoms with Crippen LogP contribution in [0, 0.1) is 0 Å². The Labute approximate surface area is 115 Å². The van der Waals surface area contributed by atoms with E-state index < -0.39 is 0 Å². The number of thiophene rings is 1. The van der Waals surface area contributed by atoms with Crippen LogP contribution < -0.4 is 10.6 Å². The summed E-state index contributed by atoms with van der Waals surface area (Å²) in [5.41, 5.74) is 1.03. The Balaban J connectivity index is 1.79. The van der Waals surface area contributed by atoms with E-state index >= 15 is 0 Å². The van der Waals surface area contributed by atoms with E-state index in [0.717, 1.165) is 16.2 Å². The molecule has 5 nitrogen and oxygen atoms in total. The van der Waals surface area contributed by atoms with E-state index in [9.17, 15) is 4.79 Å². The average Bonchev–Trinajstić information content (AvgIpc) is 3.07. The minimum Gasteiger partial charge on any atom is -0.464 e. The summed E-state index contributed by atoms with van der Waals surface area (Å²) in [5, 5.41) is 7.50. The minimum absolute atomic E-state index is 0.190. The molecule has 2 heterocycles. The molecule has 0 aromatic carbocycles. The van der Waals surface area contributed by atoms with Crippen LogP contribution in [0.3, 0.4) is 0 Å². The fourth-order valence-corrected chi connectivity index (χ4v) is 2.35. The van der Waals surface area contributed by atoms with Gasteiger partial charge in [-0.3, -0.25) is 0 Å². The van der Waals surface area contributed by atoms with Crippen LogP contribution in [0.15, 0.2) is 34.3 Å². The van der Waals surface area contributed by atoms with Gasteiger partial charge in [-0.1, -0.05) is 0 Å². The van der Waals surface area contributed by atoms with Crippen molar-refractivity contribution in [2.24, 2.45) is 0 Å². The van der Waals surface area contributed by atoms with Crippen LogP contribution in [-0.2, 0) is 11.3 Å². The monoisotopic (exact) mass is 280 g/mol. The summed E-state index contributed by atoms with van der Waals surface area (Å²) in [6.07, 6.45) is 1.65. The van der Waals surface area contributed by atoms with Crippen molar-refractivity contribution in [3.05, 3.63) is 34.7 Å². The number of hydrogen-bond acceptors (Lipinski definition) is 4. The number of rotatable bonds is 6. The number of ether oxygens (including phenoxy) is 1. The van der Waals surface area contributed by atoms with E-state index in [0.29, 0.717) is 19.7 Å². The lowest BCUT2D eigenvalue weighted by atomic mass is 10.2. The zero-order valence-electron chi connectivity index (χ0n) is 10.6. The summed E-state index contributed by atoms with van der Waals surface area (Å²) < 4.78 is 10.2. The maximum Gasteiger partial charge on any atom is 0.315 e. The first-order chi connectivity index (χ1) is 9.29. The highest BCUT2D eigenvalue weighted by atomic mass is 32.1. The lowest BCUT2D eigenvalue weighted by molar-refractivity contribution is 0.196. The zero-order chi connectivity index (χ0) is 13.5. The number of hydrogen-bond donors (Lipinski definition) is 2. The van der Waals surface area contributed by atoms with Crippen molar-refractivity contribution < 1.29 is 13.9 Å². The van der Waals surface area contributed by atoms with E-state index in [1.54, 1.807) is 24.7 Å². The van der Waals surface area contributed by atoms with Crippen LogP contribution in [0.4, 0.5) is 4.79 Å². The van der Waals surface area contributed by atoms with Gasteiger partial charge in [0.1, 0.15) is 5.76 Å². The molecule has 0 radical (unpaired) electrons. The van der Waals surface area contributed by atoms with E-state index in [1.807, 2.05) is 23.6 Å². The number of urea groups is 1. The number of methoxy groups -OCH3 is 1. The maximum atomic E-state index is 11.4. The number of nitrogens with one attached hydrogen (secondary N) is 2. The molecule has 2 aromatic heterocycles. The molecule has 0 saturated carbocycles. The van der Waals surface area contributed by atoms with Crippen molar-refractivity contribution in [2.45, 2.75) is 6.54 Å². The SMILES string of the molecule is COCCNC(=O)NCc1cc(-c2ccco2)cs1. The second kappa shape index (κ2) is 6.96. The largest absolute Gasteiger partial charge is 0.464 e. The Morgan fingerprint density at radius 1 is 1.47 bits per heavy atom. The number of carbonyl (C=O) groups is 1. The van der Waals surface area contributed by atoms with Crippen molar-refractivity contribution in [2.75, 3.05) is 20.3 Å². The summed E-state index contributed by atoms with van der Waals surface area (Å²) in [4.78, 5) is 12.5. The third-order valence-electron chi connectivity index (χ3n) is 2.47. The first kappa shape index (κ1) is 13.6. The van der Waals surface area contributed by atoms with E-state index in [1.165, 1.54) is 0 Å². The van der Waals surface area contributed by atoms with Gasteiger partial charge < -0.3 is 19.8 Å². The predicted octanol–water partition coefficient (Wildman–Crippen LogP) is 2.45. The Morgan fingerprint density at radius 2 is 2.37 bits per heavy atom. The topological polar surface area (TPSA) is 63.5 Å². The summed E-state index contributed by atoms with van der Waals surface area (Å²) >= 11 is 1.59. The molecule has 0 unspecified atom stereocenters. The quantitative estimate of drug-likeness (QED) is 0.799. The highest BCUT2D eigenvalue weighted by molar-refractivity contribution is 7.10. The molecule has 0 spiro atoms. The molecule has 102 valence electrons. The lowest BCUT2D eigenvalue weighted by Gasteiger charge is -2.05. The second-order valence-electron chi connectivity index (χ2n) is 3.88. The van der Waals surface area contributed by atoms with Gasteiger partial charge in [0.25, 0.3) is 0 Å². The first-order valence-corrected chi connectivity index (χ1v) is 6.79. The van der Waals surface area contributed by atoms with E-state index in [4.69, 9.17) is 9.15 Å². The van der Waals surface area contributed by atoms with Crippen LogP contribution >= 0.6 is 11.3 Å². The zero-order valence-corrected chi connectivity index (χ0v) is 11.5. The van der Waals surface area contributed by atoms with Gasteiger partial charge in [0.2, 0.25) is 0 Å². The molecule has 0 atom stereocenters. The summed E-state index contributed by atoms with van der Waals surface area (Å²) in [6, 6.07) is 5.59. The molecule has 0 saturated heterocycles. The van der Waals surface area contributed by atoms with E-state index in [2.05, 4.69) is 10.6 Å². The molecular weight excluding hydrogens is 264 g/mol. The molecule has 0 aliphatic rings. The molecule has 6 heteroatoms. The number of carbonyl (C=O) groups excluding carboxylic acids is 1. The van der Waals surface area contributed by atoms with Gasteiger partial charge in [-0.05, 0) is 18.2 Å². The summed E-state index contributed by atoms with van der Waals surface area (Å²) in [6.45, 7) is 1.52. The van der Waals surface area contributed by atoms with Crippen LogP contribution in [-0.4, -0.2) is 26.3 Å². The fourth-order valence-electron chi connectivity index (χ4n) is 1.54. The van der Waals surface area contributed by atoms with Gasteiger partial charge in [0.15, 0.2) is 0 Å². The fraction of sp³-hybridized carbons (Fsp3) is 0.308. The van der Waals surface area contributed by atoms with Crippen LogP contribution in [0.1, 0.15) is 4.88 Å². The Morgan fingerprint density at radius 3 is 3.11 bits per heavy atom. The van der Waals surface area contributed by atoms with Gasteiger partial charge in [-0.25, -0.2) is 4.79 Å². The maximum absolute atomic E-state index is 11.4. The van der Waals surface area contributed by atoms with Crippen LogP contribution in [0.5, 0.6) is 0 Å². The lowest BCUT2D eigenvalue weighted by Crippen LogP contribution is -2.36. The van der Waals surface area contributed by atoms with Gasteiger partial charge in [-0.15, -0.1) is 11.3 Å². The Hall–Kier alpha value is -1.79. The third kappa shape index (κ3) is 4.11. The molecule has 2 aromatic rings. The van der Waals surface area contributed by atoms with Gasteiger partial charge in [0.05, 0.1) is 19.4 Å². The molecule has 0 fully saturated rings. The van der Waals surface area contributed by atoms with Gasteiger partial charge >= 0.3 is 6.03 Å². The van der Waals surface area contributed by atoms with Crippen molar-refractivity contribution in [3.63, 3.8) is 0 Å². The van der Waals surface area contributed by atoms with Crippen molar-refractivity contribution in [1.82, 2.24) is 10.6 Å². The first-order valence-electron chi connectivity index (χ1n) is 5.91. The molecule has 2 N–H and O–H groups in total. The molecule has 2 amide bonds. The molecular formula is C13H16N2O3S. The Bertz CT molecular complexity index is 508.